The second kappa shape index (κ2) is 8.23. The number of methoxy groups -OCH3 is 1. The Kier molecular flexibility index (Phi) is 5.53. The van der Waals surface area contributed by atoms with E-state index in [1.807, 2.05) is 58.1 Å². The van der Waals surface area contributed by atoms with E-state index in [0.29, 0.717) is 11.4 Å². The lowest BCUT2D eigenvalue weighted by molar-refractivity contribution is -0.132. The molecule has 1 saturated heterocycles. The number of ether oxygens (including phenoxy) is 1. The number of likely N-dealkylation sites (tertiary alicyclic amines) is 1. The van der Waals surface area contributed by atoms with Crippen LogP contribution in [0.25, 0.3) is 5.65 Å². The quantitative estimate of drug-likeness (QED) is 0.635. The number of carbonyl (C=O) groups is 1. The SMILES string of the molecule is COc1ccccc1C(CC(=O)N1CCCCC1)c1cnc2ccc(Cl)cn12. The Labute approximate surface area is 169 Å². The van der Waals surface area contributed by atoms with Crippen LogP contribution in [0.15, 0.2) is 48.8 Å². The van der Waals surface area contributed by atoms with Crippen LogP contribution in [0.5, 0.6) is 5.75 Å². The van der Waals surface area contributed by atoms with E-state index in [-0.39, 0.29) is 11.8 Å². The Bertz CT molecular complexity index is 979. The van der Waals surface area contributed by atoms with Gasteiger partial charge in [0, 0.05) is 43.4 Å². The fourth-order valence-electron chi connectivity index (χ4n) is 4.01. The molecular weight excluding hydrogens is 374 g/mol. The van der Waals surface area contributed by atoms with Crippen LogP contribution in [0.2, 0.25) is 5.02 Å². The average Bonchev–Trinajstić information content (AvgIpc) is 3.15. The number of carbonyl (C=O) groups excluding carboxylic acids is 1. The normalized spacial score (nSPS) is 15.6. The molecule has 4 rings (SSSR count). The molecule has 28 heavy (non-hydrogen) atoms. The van der Waals surface area contributed by atoms with Crippen LogP contribution in [-0.4, -0.2) is 40.4 Å². The van der Waals surface area contributed by atoms with Crippen molar-refractivity contribution in [3.8, 4) is 5.75 Å². The van der Waals surface area contributed by atoms with E-state index in [9.17, 15) is 4.79 Å². The second-order valence-corrected chi connectivity index (χ2v) is 7.64. The van der Waals surface area contributed by atoms with Crippen molar-refractivity contribution in [3.63, 3.8) is 0 Å². The van der Waals surface area contributed by atoms with Gasteiger partial charge in [0.1, 0.15) is 11.4 Å². The Morgan fingerprint density at radius 1 is 1.18 bits per heavy atom. The number of nitrogens with zero attached hydrogens (tertiary/aromatic N) is 3. The number of imidazole rings is 1. The number of amides is 1. The number of fused-ring (bicyclic) bond motifs is 1. The molecular formula is C22H24ClN3O2. The standard InChI is InChI=1S/C22H24ClN3O2/c1-28-20-8-4-3-7-17(20)18(13-22(27)25-11-5-2-6-12-25)19-14-24-21-10-9-16(23)15-26(19)21/h3-4,7-10,14-15,18H,2,5-6,11-13H2,1H3. The summed E-state index contributed by atoms with van der Waals surface area (Å²) in [7, 11) is 1.66. The number of pyridine rings is 1. The van der Waals surface area contributed by atoms with Crippen LogP contribution in [0.4, 0.5) is 0 Å². The summed E-state index contributed by atoms with van der Waals surface area (Å²) in [6.45, 7) is 1.69. The van der Waals surface area contributed by atoms with Gasteiger partial charge >= 0.3 is 0 Å². The highest BCUT2D eigenvalue weighted by atomic mass is 35.5. The molecule has 146 valence electrons. The number of hydrogen-bond donors (Lipinski definition) is 0. The topological polar surface area (TPSA) is 46.8 Å². The van der Waals surface area contributed by atoms with Crippen molar-refractivity contribution in [1.29, 1.82) is 0 Å². The zero-order valence-electron chi connectivity index (χ0n) is 16.0. The summed E-state index contributed by atoms with van der Waals surface area (Å²) in [4.78, 5) is 19.6. The van der Waals surface area contributed by atoms with Crippen molar-refractivity contribution in [2.45, 2.75) is 31.6 Å². The minimum Gasteiger partial charge on any atom is -0.496 e. The second-order valence-electron chi connectivity index (χ2n) is 7.20. The third-order valence-corrected chi connectivity index (χ3v) is 5.68. The van der Waals surface area contributed by atoms with E-state index in [2.05, 4.69) is 4.98 Å². The third kappa shape index (κ3) is 3.72. The van der Waals surface area contributed by atoms with Crippen molar-refractivity contribution >= 4 is 23.2 Å². The molecule has 1 amide bonds. The van der Waals surface area contributed by atoms with E-state index in [1.54, 1.807) is 7.11 Å². The Morgan fingerprint density at radius 3 is 2.75 bits per heavy atom. The first-order valence-corrected chi connectivity index (χ1v) is 10.1. The summed E-state index contributed by atoms with van der Waals surface area (Å²) in [6, 6.07) is 11.6. The monoisotopic (exact) mass is 397 g/mol. The van der Waals surface area contributed by atoms with Crippen LogP contribution >= 0.6 is 11.6 Å². The molecule has 1 atom stereocenters. The molecule has 0 aliphatic carbocycles. The summed E-state index contributed by atoms with van der Waals surface area (Å²) in [5.74, 6) is 0.780. The molecule has 0 bridgehead atoms. The van der Waals surface area contributed by atoms with E-state index < -0.39 is 0 Å². The molecule has 1 fully saturated rings. The summed E-state index contributed by atoms with van der Waals surface area (Å²) in [5, 5.41) is 0.632. The average molecular weight is 398 g/mol. The number of rotatable bonds is 5. The maximum Gasteiger partial charge on any atom is 0.223 e. The minimum absolute atomic E-state index is 0.168. The van der Waals surface area contributed by atoms with E-state index in [0.717, 1.165) is 48.6 Å². The minimum atomic E-state index is -0.168. The highest BCUT2D eigenvalue weighted by Crippen LogP contribution is 2.35. The molecule has 1 aliphatic heterocycles. The van der Waals surface area contributed by atoms with E-state index in [4.69, 9.17) is 16.3 Å². The molecule has 1 unspecified atom stereocenters. The molecule has 3 aromatic rings. The number of benzene rings is 1. The van der Waals surface area contributed by atoms with Crippen molar-refractivity contribution in [3.05, 3.63) is 65.1 Å². The Balaban J connectivity index is 1.76. The lowest BCUT2D eigenvalue weighted by Crippen LogP contribution is -2.36. The fourth-order valence-corrected chi connectivity index (χ4v) is 4.17. The van der Waals surface area contributed by atoms with Gasteiger partial charge in [0.25, 0.3) is 0 Å². The predicted octanol–water partition coefficient (Wildman–Crippen LogP) is 4.53. The van der Waals surface area contributed by atoms with Gasteiger partial charge in [0.05, 0.1) is 17.8 Å². The first-order valence-electron chi connectivity index (χ1n) is 9.70. The molecule has 0 saturated carbocycles. The smallest absolute Gasteiger partial charge is 0.223 e. The number of piperidine rings is 1. The van der Waals surface area contributed by atoms with Gasteiger partial charge in [0.15, 0.2) is 0 Å². The Morgan fingerprint density at radius 2 is 1.96 bits per heavy atom. The largest absolute Gasteiger partial charge is 0.496 e. The summed E-state index contributed by atoms with van der Waals surface area (Å²) >= 11 is 6.24. The van der Waals surface area contributed by atoms with E-state index >= 15 is 0 Å². The lowest BCUT2D eigenvalue weighted by atomic mass is 9.91. The molecule has 2 aromatic heterocycles. The highest BCUT2D eigenvalue weighted by Gasteiger charge is 2.27. The first-order chi connectivity index (χ1) is 13.7. The molecule has 3 heterocycles. The van der Waals surface area contributed by atoms with Crippen molar-refractivity contribution in [2.75, 3.05) is 20.2 Å². The van der Waals surface area contributed by atoms with Gasteiger partial charge in [-0.15, -0.1) is 0 Å². The fraction of sp³-hybridized carbons (Fsp3) is 0.364. The predicted molar refractivity (Wildman–Crippen MR) is 110 cm³/mol. The summed E-state index contributed by atoms with van der Waals surface area (Å²) < 4.78 is 7.58. The van der Waals surface area contributed by atoms with Gasteiger partial charge in [0.2, 0.25) is 5.91 Å². The third-order valence-electron chi connectivity index (χ3n) is 5.46. The zero-order valence-corrected chi connectivity index (χ0v) is 16.7. The molecule has 0 radical (unpaired) electrons. The van der Waals surface area contributed by atoms with Gasteiger partial charge in [-0.2, -0.15) is 0 Å². The molecule has 0 spiro atoms. The lowest BCUT2D eigenvalue weighted by Gasteiger charge is -2.29. The molecule has 5 nitrogen and oxygen atoms in total. The van der Waals surface area contributed by atoms with Crippen LogP contribution in [-0.2, 0) is 4.79 Å². The molecule has 0 N–H and O–H groups in total. The Hall–Kier alpha value is -2.53. The van der Waals surface area contributed by atoms with Crippen LogP contribution < -0.4 is 4.74 Å². The van der Waals surface area contributed by atoms with Gasteiger partial charge in [-0.1, -0.05) is 29.8 Å². The molecule has 6 heteroatoms. The number of hydrogen-bond acceptors (Lipinski definition) is 3. The van der Waals surface area contributed by atoms with Crippen molar-refractivity contribution in [2.24, 2.45) is 0 Å². The number of aromatic nitrogens is 2. The highest BCUT2D eigenvalue weighted by molar-refractivity contribution is 6.30. The van der Waals surface area contributed by atoms with Crippen molar-refractivity contribution < 1.29 is 9.53 Å². The van der Waals surface area contributed by atoms with Gasteiger partial charge in [-0.25, -0.2) is 4.98 Å². The van der Waals surface area contributed by atoms with Crippen molar-refractivity contribution in [1.82, 2.24) is 14.3 Å². The first kappa shape index (κ1) is 18.8. The zero-order chi connectivity index (χ0) is 19.5. The van der Waals surface area contributed by atoms with Crippen LogP contribution in [0.1, 0.15) is 42.9 Å². The van der Waals surface area contributed by atoms with Crippen LogP contribution in [0.3, 0.4) is 0 Å². The van der Waals surface area contributed by atoms with E-state index in [1.165, 1.54) is 6.42 Å². The molecule has 1 aromatic carbocycles. The maximum atomic E-state index is 13.1. The molecule has 1 aliphatic rings. The summed E-state index contributed by atoms with van der Waals surface area (Å²) in [5.41, 5.74) is 2.73. The van der Waals surface area contributed by atoms with Gasteiger partial charge in [-0.3, -0.25) is 4.79 Å². The number of halogens is 1. The summed E-state index contributed by atoms with van der Waals surface area (Å²) in [6.07, 6.45) is 7.43. The van der Waals surface area contributed by atoms with Crippen LogP contribution in [0, 0.1) is 0 Å². The number of para-hydroxylation sites is 1. The maximum absolute atomic E-state index is 13.1. The van der Waals surface area contributed by atoms with Gasteiger partial charge in [-0.05, 0) is 37.5 Å². The van der Waals surface area contributed by atoms with Gasteiger partial charge < -0.3 is 14.0 Å².